The molecule has 8 heteroatoms. The maximum atomic E-state index is 12.5. The molecule has 1 aromatic heterocycles. The highest BCUT2D eigenvalue weighted by Gasteiger charge is 2.13. The molecular formula is C25H33N5O3. The van der Waals surface area contributed by atoms with Gasteiger partial charge in [0.05, 0.1) is 0 Å². The van der Waals surface area contributed by atoms with Crippen molar-refractivity contribution in [3.05, 3.63) is 63.1 Å². The van der Waals surface area contributed by atoms with E-state index in [1.54, 1.807) is 44.2 Å². The summed E-state index contributed by atoms with van der Waals surface area (Å²) < 4.78 is 1.28. The first-order valence-electron chi connectivity index (χ1n) is 11.3. The van der Waals surface area contributed by atoms with Crippen molar-refractivity contribution in [1.29, 1.82) is 5.26 Å². The van der Waals surface area contributed by atoms with Crippen LogP contribution in [-0.2, 0) is 11.3 Å². The lowest BCUT2D eigenvalue weighted by Crippen LogP contribution is -2.35. The van der Waals surface area contributed by atoms with Crippen LogP contribution in [0.1, 0.15) is 53.9 Å². The summed E-state index contributed by atoms with van der Waals surface area (Å²) in [5.74, 6) is -0.554. The molecule has 0 bridgehead atoms. The highest BCUT2D eigenvalue weighted by atomic mass is 16.2. The summed E-state index contributed by atoms with van der Waals surface area (Å²) in [6, 6.07) is 10.2. The lowest BCUT2D eigenvalue weighted by atomic mass is 10.1. The SMILES string of the molecule is CCCCN(CC)CCNC(=O)c1ccc(NC(=O)Cn2c(C)cc(C)c(C#N)c2=O)cc1. The first kappa shape index (κ1) is 25.8. The number of aromatic nitrogens is 1. The average Bonchev–Trinajstić information content (AvgIpc) is 2.79. The Bertz CT molecular complexity index is 1070. The molecule has 0 saturated carbocycles. The second kappa shape index (κ2) is 12.6. The molecule has 0 fully saturated rings. The van der Waals surface area contributed by atoms with E-state index in [2.05, 4.69) is 29.4 Å². The first-order valence-corrected chi connectivity index (χ1v) is 11.3. The Morgan fingerprint density at radius 1 is 1.12 bits per heavy atom. The quantitative estimate of drug-likeness (QED) is 0.546. The number of amides is 2. The molecule has 0 aliphatic rings. The summed E-state index contributed by atoms with van der Waals surface area (Å²) >= 11 is 0. The van der Waals surface area contributed by atoms with Crippen molar-refractivity contribution in [3.63, 3.8) is 0 Å². The van der Waals surface area contributed by atoms with Crippen molar-refractivity contribution in [2.24, 2.45) is 0 Å². The molecule has 2 N–H and O–H groups in total. The van der Waals surface area contributed by atoms with Crippen LogP contribution >= 0.6 is 0 Å². The van der Waals surface area contributed by atoms with Crippen molar-refractivity contribution >= 4 is 17.5 Å². The van der Waals surface area contributed by atoms with Crippen LogP contribution in [-0.4, -0.2) is 47.5 Å². The van der Waals surface area contributed by atoms with Crippen LogP contribution in [0.4, 0.5) is 5.69 Å². The molecule has 2 rings (SSSR count). The second-order valence-corrected chi connectivity index (χ2v) is 8.02. The smallest absolute Gasteiger partial charge is 0.269 e. The van der Waals surface area contributed by atoms with E-state index >= 15 is 0 Å². The molecule has 2 amide bonds. The fourth-order valence-electron chi connectivity index (χ4n) is 3.55. The maximum absolute atomic E-state index is 12.5. The minimum atomic E-state index is -0.478. The van der Waals surface area contributed by atoms with Gasteiger partial charge in [-0.2, -0.15) is 5.26 Å². The zero-order valence-electron chi connectivity index (χ0n) is 19.9. The molecule has 1 heterocycles. The average molecular weight is 452 g/mol. The lowest BCUT2D eigenvalue weighted by molar-refractivity contribution is -0.116. The number of aryl methyl sites for hydroxylation is 2. The van der Waals surface area contributed by atoms with Crippen molar-refractivity contribution in [1.82, 2.24) is 14.8 Å². The number of likely N-dealkylation sites (N-methyl/N-ethyl adjacent to an activating group) is 1. The largest absolute Gasteiger partial charge is 0.351 e. The van der Waals surface area contributed by atoms with E-state index in [-0.39, 0.29) is 18.0 Å². The first-order chi connectivity index (χ1) is 15.8. The van der Waals surface area contributed by atoms with Gasteiger partial charge < -0.3 is 20.1 Å². The van der Waals surface area contributed by atoms with Gasteiger partial charge in [0.25, 0.3) is 11.5 Å². The van der Waals surface area contributed by atoms with Gasteiger partial charge in [-0.3, -0.25) is 14.4 Å². The number of unbranched alkanes of at least 4 members (excludes halogenated alkanes) is 1. The Labute approximate surface area is 195 Å². The molecule has 0 saturated heterocycles. The number of benzene rings is 1. The highest BCUT2D eigenvalue weighted by Crippen LogP contribution is 2.11. The van der Waals surface area contributed by atoms with Gasteiger partial charge >= 0.3 is 0 Å². The minimum Gasteiger partial charge on any atom is -0.351 e. The third kappa shape index (κ3) is 7.29. The summed E-state index contributed by atoms with van der Waals surface area (Å²) in [7, 11) is 0. The van der Waals surface area contributed by atoms with E-state index in [9.17, 15) is 19.6 Å². The molecule has 0 aliphatic carbocycles. The van der Waals surface area contributed by atoms with E-state index in [0.717, 1.165) is 32.5 Å². The van der Waals surface area contributed by atoms with Crippen molar-refractivity contribution in [2.75, 3.05) is 31.5 Å². The van der Waals surface area contributed by atoms with E-state index in [4.69, 9.17) is 0 Å². The van der Waals surface area contributed by atoms with E-state index in [0.29, 0.717) is 29.1 Å². The summed E-state index contributed by atoms with van der Waals surface area (Å²) in [5, 5.41) is 14.8. The van der Waals surface area contributed by atoms with Crippen LogP contribution in [0.25, 0.3) is 0 Å². The van der Waals surface area contributed by atoms with Crippen LogP contribution in [0.3, 0.4) is 0 Å². The van der Waals surface area contributed by atoms with E-state index in [1.807, 2.05) is 6.07 Å². The Morgan fingerprint density at radius 3 is 2.42 bits per heavy atom. The molecule has 0 aliphatic heterocycles. The van der Waals surface area contributed by atoms with Gasteiger partial charge in [-0.25, -0.2) is 0 Å². The van der Waals surface area contributed by atoms with Gasteiger partial charge in [0, 0.05) is 30.0 Å². The number of nitrogens with one attached hydrogen (secondary N) is 2. The predicted molar refractivity (Wildman–Crippen MR) is 129 cm³/mol. The number of pyridine rings is 1. The summed E-state index contributed by atoms with van der Waals surface area (Å²) in [6.07, 6.45) is 2.29. The number of anilines is 1. The molecule has 176 valence electrons. The fourth-order valence-corrected chi connectivity index (χ4v) is 3.55. The zero-order chi connectivity index (χ0) is 24.4. The van der Waals surface area contributed by atoms with Gasteiger partial charge in [-0.15, -0.1) is 0 Å². The summed E-state index contributed by atoms with van der Waals surface area (Å²) in [6.45, 7) is 10.9. The predicted octanol–water partition coefficient (Wildman–Crippen LogP) is 2.83. The number of nitriles is 1. The van der Waals surface area contributed by atoms with E-state index < -0.39 is 11.5 Å². The van der Waals surface area contributed by atoms with Crippen LogP contribution in [0, 0.1) is 25.2 Å². The lowest BCUT2D eigenvalue weighted by Gasteiger charge is -2.20. The van der Waals surface area contributed by atoms with Gasteiger partial charge in [0.1, 0.15) is 18.2 Å². The van der Waals surface area contributed by atoms with Crippen molar-refractivity contribution in [3.8, 4) is 6.07 Å². The van der Waals surface area contributed by atoms with Crippen molar-refractivity contribution < 1.29 is 9.59 Å². The molecular weight excluding hydrogens is 418 g/mol. The molecule has 0 radical (unpaired) electrons. The normalized spacial score (nSPS) is 10.7. The second-order valence-electron chi connectivity index (χ2n) is 8.02. The summed E-state index contributed by atoms with van der Waals surface area (Å²) in [4.78, 5) is 39.6. The number of carbonyl (C=O) groups excluding carboxylic acids is 2. The molecule has 0 atom stereocenters. The van der Waals surface area contributed by atoms with Crippen LogP contribution < -0.4 is 16.2 Å². The number of rotatable bonds is 11. The monoisotopic (exact) mass is 451 g/mol. The van der Waals surface area contributed by atoms with Gasteiger partial charge in [-0.1, -0.05) is 20.3 Å². The van der Waals surface area contributed by atoms with E-state index in [1.165, 1.54) is 4.57 Å². The Balaban J connectivity index is 1.93. The molecule has 0 spiro atoms. The minimum absolute atomic E-state index is 0.0381. The standard InChI is InChI=1S/C25H33N5O3/c1-5-7-13-29(6-2)14-12-27-24(32)20-8-10-21(11-9-20)28-23(31)17-30-19(4)15-18(3)22(16-26)25(30)33/h8-11,15H,5-7,12-14,17H2,1-4H3,(H,27,32)(H,28,31). The molecule has 0 unspecified atom stereocenters. The molecule has 2 aromatic rings. The Morgan fingerprint density at radius 2 is 1.82 bits per heavy atom. The number of carbonyl (C=O) groups is 2. The maximum Gasteiger partial charge on any atom is 0.269 e. The van der Waals surface area contributed by atoms with Crippen LogP contribution in [0.5, 0.6) is 0 Å². The molecule has 1 aromatic carbocycles. The molecule has 8 nitrogen and oxygen atoms in total. The highest BCUT2D eigenvalue weighted by molar-refractivity contribution is 5.95. The number of nitrogens with zero attached hydrogens (tertiary/aromatic N) is 3. The third-order valence-corrected chi connectivity index (χ3v) is 5.54. The van der Waals surface area contributed by atoms with Crippen LogP contribution in [0.2, 0.25) is 0 Å². The zero-order valence-corrected chi connectivity index (χ0v) is 19.9. The summed E-state index contributed by atoms with van der Waals surface area (Å²) in [5.41, 5.74) is 1.79. The third-order valence-electron chi connectivity index (χ3n) is 5.54. The Hall–Kier alpha value is -3.44. The van der Waals surface area contributed by atoms with Crippen LogP contribution in [0.15, 0.2) is 35.1 Å². The Kier molecular flexibility index (Phi) is 9.83. The number of hydrogen-bond acceptors (Lipinski definition) is 5. The van der Waals surface area contributed by atoms with Crippen molar-refractivity contribution in [2.45, 2.75) is 47.1 Å². The van der Waals surface area contributed by atoms with Gasteiger partial charge in [0.2, 0.25) is 5.91 Å². The fraction of sp³-hybridized carbons (Fsp3) is 0.440. The van der Waals surface area contributed by atoms with Gasteiger partial charge in [-0.05, 0) is 69.3 Å². The topological polar surface area (TPSA) is 107 Å². The molecule has 33 heavy (non-hydrogen) atoms. The number of hydrogen-bond donors (Lipinski definition) is 2. The van der Waals surface area contributed by atoms with Gasteiger partial charge in [0.15, 0.2) is 0 Å².